The topological polar surface area (TPSA) is 82.0 Å². The number of nitrogens with zero attached hydrogens (tertiary/aromatic N) is 1. The van der Waals surface area contributed by atoms with E-state index in [1.165, 1.54) is 12.3 Å². The fourth-order valence-electron chi connectivity index (χ4n) is 3.10. The number of aliphatic hydroxyl groups excluding tert-OH is 1. The maximum atomic E-state index is 11.7. The summed E-state index contributed by atoms with van der Waals surface area (Å²) in [6, 6.07) is 13.0. The van der Waals surface area contributed by atoms with Crippen LogP contribution in [0.15, 0.2) is 47.4 Å². The number of hydrogen-bond donors (Lipinski definition) is 3. The van der Waals surface area contributed by atoms with Crippen LogP contribution in [0, 0.1) is 0 Å². The van der Waals surface area contributed by atoms with Crippen LogP contribution in [0.2, 0.25) is 0 Å². The minimum atomic E-state index is -1.30. The first kappa shape index (κ1) is 23.2. The van der Waals surface area contributed by atoms with Crippen LogP contribution >= 0.6 is 0 Å². The van der Waals surface area contributed by atoms with Gasteiger partial charge in [0.2, 0.25) is 0 Å². The van der Waals surface area contributed by atoms with Gasteiger partial charge in [-0.1, -0.05) is 6.07 Å². The molecule has 3 unspecified atom stereocenters. The number of nitrogens with one attached hydrogen (secondary N) is 1. The fraction of sp³-hybridized carbons (Fsp3) is 0.455. The molecule has 0 aliphatic heterocycles. The van der Waals surface area contributed by atoms with Crippen LogP contribution in [0.25, 0.3) is 0 Å². The number of hydrogen-bond acceptors (Lipinski definition) is 6. The van der Waals surface area contributed by atoms with E-state index in [0.29, 0.717) is 17.0 Å². The molecular formula is C22H32N2O4S. The van der Waals surface area contributed by atoms with Gasteiger partial charge in [-0.05, 0) is 61.7 Å². The van der Waals surface area contributed by atoms with E-state index in [0.717, 1.165) is 30.8 Å². The lowest BCUT2D eigenvalue weighted by atomic mass is 10.1. The van der Waals surface area contributed by atoms with E-state index in [1.54, 1.807) is 19.2 Å². The van der Waals surface area contributed by atoms with Crippen molar-refractivity contribution in [1.82, 2.24) is 5.32 Å². The Bertz CT molecular complexity index is 798. The van der Waals surface area contributed by atoms with Crippen molar-refractivity contribution >= 4 is 16.5 Å². The number of aliphatic hydroxyl groups is 1. The van der Waals surface area contributed by atoms with Gasteiger partial charge in [-0.25, -0.2) is 0 Å². The number of methoxy groups -OCH3 is 1. The van der Waals surface area contributed by atoms with Gasteiger partial charge in [0.1, 0.15) is 11.5 Å². The third-order valence-corrected chi connectivity index (χ3v) is 5.93. The van der Waals surface area contributed by atoms with Gasteiger partial charge in [0.05, 0.1) is 28.9 Å². The quantitative estimate of drug-likeness (QED) is 0.518. The molecule has 0 heterocycles. The van der Waals surface area contributed by atoms with Gasteiger partial charge in [-0.15, -0.1) is 0 Å². The Kier molecular flexibility index (Phi) is 8.95. The number of phenolic OH excluding ortho intramolecular Hbond substituents is 1. The van der Waals surface area contributed by atoms with Crippen molar-refractivity contribution in [3.8, 4) is 11.5 Å². The molecule has 7 heteroatoms. The second-order valence-electron chi connectivity index (χ2n) is 7.27. The largest absolute Gasteiger partial charge is 0.507 e. The van der Waals surface area contributed by atoms with Crippen molar-refractivity contribution in [3.05, 3.63) is 48.0 Å². The molecule has 0 bridgehead atoms. The Balaban J connectivity index is 1.75. The molecule has 0 saturated heterocycles. The molecular weight excluding hydrogens is 388 g/mol. The normalized spacial score (nSPS) is 14.2. The number of rotatable bonds is 11. The molecule has 0 radical (unpaired) electrons. The van der Waals surface area contributed by atoms with E-state index in [4.69, 9.17) is 4.74 Å². The Morgan fingerprint density at radius 3 is 2.52 bits per heavy atom. The third kappa shape index (κ3) is 7.03. The Labute approximate surface area is 176 Å². The number of benzene rings is 2. The molecule has 0 saturated carbocycles. The smallest absolute Gasteiger partial charge is 0.131 e. The van der Waals surface area contributed by atoms with Gasteiger partial charge in [0.25, 0.3) is 0 Å². The standard InChI is InChI=1S/C22H32N2O4S/c1-16(6-5-13-24(2)18-8-10-19(28-3)11-9-18)23-15-21(26)17-7-12-20(25)22(14-17)29(4)27/h7-12,14,16,21,23,25-26H,5-6,13,15H2,1-4H3. The van der Waals surface area contributed by atoms with E-state index < -0.39 is 16.9 Å². The van der Waals surface area contributed by atoms with Gasteiger partial charge in [0, 0.05) is 38.1 Å². The molecule has 3 N–H and O–H groups in total. The number of ether oxygens (including phenoxy) is 1. The van der Waals surface area contributed by atoms with Crippen molar-refractivity contribution in [3.63, 3.8) is 0 Å². The molecule has 0 spiro atoms. The Morgan fingerprint density at radius 2 is 1.90 bits per heavy atom. The molecule has 6 nitrogen and oxygen atoms in total. The van der Waals surface area contributed by atoms with E-state index in [1.807, 2.05) is 24.3 Å². The maximum absolute atomic E-state index is 11.7. The lowest BCUT2D eigenvalue weighted by molar-refractivity contribution is 0.169. The summed E-state index contributed by atoms with van der Waals surface area (Å²) in [4.78, 5) is 2.56. The summed E-state index contributed by atoms with van der Waals surface area (Å²) in [6.45, 7) is 3.43. The van der Waals surface area contributed by atoms with E-state index in [-0.39, 0.29) is 11.8 Å². The van der Waals surface area contributed by atoms with Crippen LogP contribution in [0.4, 0.5) is 5.69 Å². The van der Waals surface area contributed by atoms with Crippen LogP contribution in [0.1, 0.15) is 31.4 Å². The van der Waals surface area contributed by atoms with E-state index in [2.05, 4.69) is 24.2 Å². The van der Waals surface area contributed by atoms with Gasteiger partial charge in [0.15, 0.2) is 0 Å². The molecule has 0 aromatic heterocycles. The van der Waals surface area contributed by atoms with Crippen LogP contribution < -0.4 is 15.0 Å². The van der Waals surface area contributed by atoms with E-state index >= 15 is 0 Å². The highest BCUT2D eigenvalue weighted by atomic mass is 32.2. The highest BCUT2D eigenvalue weighted by Crippen LogP contribution is 2.25. The zero-order chi connectivity index (χ0) is 21.4. The summed E-state index contributed by atoms with van der Waals surface area (Å²) in [5.41, 5.74) is 1.80. The van der Waals surface area contributed by atoms with Crippen molar-refractivity contribution in [1.29, 1.82) is 0 Å². The molecule has 29 heavy (non-hydrogen) atoms. The first-order valence-corrected chi connectivity index (χ1v) is 11.3. The third-order valence-electron chi connectivity index (χ3n) is 4.98. The maximum Gasteiger partial charge on any atom is 0.131 e. The molecule has 2 aromatic carbocycles. The first-order valence-electron chi connectivity index (χ1n) is 9.74. The Morgan fingerprint density at radius 1 is 1.21 bits per heavy atom. The second-order valence-corrected chi connectivity index (χ2v) is 8.62. The number of phenols is 1. The number of aromatic hydroxyl groups is 1. The SMILES string of the molecule is COc1ccc(N(C)CCCC(C)NCC(O)c2ccc(O)c(S(C)=O)c2)cc1. The van der Waals surface area contributed by atoms with Crippen LogP contribution in [0.3, 0.4) is 0 Å². The predicted molar refractivity (Wildman–Crippen MR) is 118 cm³/mol. The molecule has 160 valence electrons. The first-order chi connectivity index (χ1) is 13.8. The molecule has 2 rings (SSSR count). The summed E-state index contributed by atoms with van der Waals surface area (Å²) < 4.78 is 16.8. The molecule has 0 aliphatic carbocycles. The highest BCUT2D eigenvalue weighted by molar-refractivity contribution is 7.84. The molecule has 0 aliphatic rings. The van der Waals surface area contributed by atoms with Crippen LogP contribution in [-0.4, -0.2) is 54.0 Å². The highest BCUT2D eigenvalue weighted by Gasteiger charge is 2.13. The van der Waals surface area contributed by atoms with Crippen LogP contribution in [0.5, 0.6) is 11.5 Å². The van der Waals surface area contributed by atoms with Crippen molar-refractivity contribution in [2.24, 2.45) is 0 Å². The lowest BCUT2D eigenvalue weighted by Crippen LogP contribution is -2.31. The van der Waals surface area contributed by atoms with Gasteiger partial charge >= 0.3 is 0 Å². The van der Waals surface area contributed by atoms with Gasteiger partial charge in [-0.2, -0.15) is 0 Å². The summed E-state index contributed by atoms with van der Waals surface area (Å²) in [5.74, 6) is 0.841. The monoisotopic (exact) mass is 420 g/mol. The molecule has 0 fully saturated rings. The Hall–Kier alpha value is -2.09. The summed E-state index contributed by atoms with van der Waals surface area (Å²) >= 11 is 0. The van der Waals surface area contributed by atoms with Crippen molar-refractivity contribution < 1.29 is 19.2 Å². The summed E-state index contributed by atoms with van der Waals surface area (Å²) in [6.07, 6.45) is 2.79. The molecule has 0 amide bonds. The molecule has 2 aromatic rings. The van der Waals surface area contributed by atoms with Crippen molar-refractivity contribution in [2.45, 2.75) is 36.8 Å². The minimum Gasteiger partial charge on any atom is -0.507 e. The van der Waals surface area contributed by atoms with Gasteiger partial charge < -0.3 is 25.2 Å². The average Bonchev–Trinajstić information content (AvgIpc) is 2.72. The summed E-state index contributed by atoms with van der Waals surface area (Å²) in [7, 11) is 2.44. The zero-order valence-corrected chi connectivity index (χ0v) is 18.4. The minimum absolute atomic E-state index is 0.0101. The number of anilines is 1. The molecule has 3 atom stereocenters. The summed E-state index contributed by atoms with van der Waals surface area (Å²) in [5, 5.41) is 23.5. The van der Waals surface area contributed by atoms with Crippen molar-refractivity contribution in [2.75, 3.05) is 38.4 Å². The fourth-order valence-corrected chi connectivity index (χ4v) is 3.77. The lowest BCUT2D eigenvalue weighted by Gasteiger charge is -2.22. The average molecular weight is 421 g/mol. The van der Waals surface area contributed by atoms with E-state index in [9.17, 15) is 14.4 Å². The zero-order valence-electron chi connectivity index (χ0n) is 17.6. The predicted octanol–water partition coefficient (Wildman–Crippen LogP) is 3.07. The second kappa shape index (κ2) is 11.2. The van der Waals surface area contributed by atoms with Gasteiger partial charge in [-0.3, -0.25) is 4.21 Å². The van der Waals surface area contributed by atoms with Crippen LogP contribution in [-0.2, 0) is 10.8 Å².